The standard InChI is InChI=1S/C4H11NO2.H2O/c1-6-4(3-5)7-2;/h4H,3,5H2,1-2H3;1H2. The van der Waals surface area contributed by atoms with E-state index in [-0.39, 0.29) is 11.8 Å². The highest BCUT2D eigenvalue weighted by Crippen LogP contribution is 1.83. The first-order valence-corrected chi connectivity index (χ1v) is 2.10. The molecule has 0 atom stereocenters. The van der Waals surface area contributed by atoms with Gasteiger partial charge in [0.25, 0.3) is 0 Å². The van der Waals surface area contributed by atoms with Crippen molar-refractivity contribution in [3.63, 3.8) is 0 Å². The molecule has 0 spiro atoms. The molecule has 0 aliphatic rings. The topological polar surface area (TPSA) is 76.0 Å². The number of hydrogen-bond donors (Lipinski definition) is 1. The lowest BCUT2D eigenvalue weighted by molar-refractivity contribution is -0.0940. The SMILES string of the molecule is COC(CN)OC.O. The van der Waals surface area contributed by atoms with Crippen LogP contribution < -0.4 is 5.73 Å². The zero-order chi connectivity index (χ0) is 5.70. The molecule has 0 fully saturated rings. The van der Waals surface area contributed by atoms with Crippen molar-refractivity contribution in [3.8, 4) is 0 Å². The summed E-state index contributed by atoms with van der Waals surface area (Å²) in [7, 11) is 3.11. The van der Waals surface area contributed by atoms with Crippen LogP contribution in [0.25, 0.3) is 0 Å². The van der Waals surface area contributed by atoms with Gasteiger partial charge >= 0.3 is 0 Å². The van der Waals surface area contributed by atoms with Gasteiger partial charge in [0.05, 0.1) is 0 Å². The normalized spacial score (nSPS) is 9.00. The van der Waals surface area contributed by atoms with E-state index >= 15 is 0 Å². The predicted molar refractivity (Wildman–Crippen MR) is 30.5 cm³/mol. The summed E-state index contributed by atoms with van der Waals surface area (Å²) in [4.78, 5) is 0. The molecule has 0 aliphatic carbocycles. The van der Waals surface area contributed by atoms with Gasteiger partial charge < -0.3 is 20.7 Å². The zero-order valence-corrected chi connectivity index (χ0v) is 5.18. The fraction of sp³-hybridized carbons (Fsp3) is 1.00. The second-order valence-corrected chi connectivity index (χ2v) is 1.14. The van der Waals surface area contributed by atoms with Gasteiger partial charge in [-0.25, -0.2) is 0 Å². The molecule has 0 aliphatic heterocycles. The van der Waals surface area contributed by atoms with E-state index in [4.69, 9.17) is 15.2 Å². The fourth-order valence-electron chi connectivity index (χ4n) is 0.289. The fourth-order valence-corrected chi connectivity index (χ4v) is 0.289. The monoisotopic (exact) mass is 123 g/mol. The molecule has 0 aromatic heterocycles. The van der Waals surface area contributed by atoms with E-state index in [0.717, 1.165) is 0 Å². The maximum Gasteiger partial charge on any atom is 0.168 e. The van der Waals surface area contributed by atoms with Gasteiger partial charge in [-0.05, 0) is 0 Å². The van der Waals surface area contributed by atoms with Gasteiger partial charge in [-0.2, -0.15) is 0 Å². The van der Waals surface area contributed by atoms with Crippen molar-refractivity contribution in [2.45, 2.75) is 6.29 Å². The third-order valence-electron chi connectivity index (χ3n) is 0.718. The van der Waals surface area contributed by atoms with Crippen LogP contribution in [0.4, 0.5) is 0 Å². The summed E-state index contributed by atoms with van der Waals surface area (Å²) in [5, 5.41) is 0. The molecule has 0 rings (SSSR count). The van der Waals surface area contributed by atoms with Crippen molar-refractivity contribution in [2.24, 2.45) is 5.73 Å². The van der Waals surface area contributed by atoms with Gasteiger partial charge in [-0.3, -0.25) is 0 Å². The van der Waals surface area contributed by atoms with Gasteiger partial charge in [0.15, 0.2) is 6.29 Å². The Morgan fingerprint density at radius 1 is 1.38 bits per heavy atom. The van der Waals surface area contributed by atoms with E-state index in [1.807, 2.05) is 0 Å². The van der Waals surface area contributed by atoms with Gasteiger partial charge in [0.1, 0.15) is 0 Å². The lowest BCUT2D eigenvalue weighted by Gasteiger charge is -2.08. The van der Waals surface area contributed by atoms with Crippen LogP contribution >= 0.6 is 0 Å². The minimum absolute atomic E-state index is 0. The molecule has 0 unspecified atom stereocenters. The molecular formula is C4H13NO3. The van der Waals surface area contributed by atoms with Crippen molar-refractivity contribution in [1.29, 1.82) is 0 Å². The molecule has 0 aromatic carbocycles. The van der Waals surface area contributed by atoms with Gasteiger partial charge in [0, 0.05) is 20.8 Å². The maximum absolute atomic E-state index is 5.14. The van der Waals surface area contributed by atoms with Crippen molar-refractivity contribution in [1.82, 2.24) is 0 Å². The molecule has 0 saturated heterocycles. The van der Waals surface area contributed by atoms with Crippen LogP contribution in [0, 0.1) is 0 Å². The Labute approximate surface area is 48.9 Å². The lowest BCUT2D eigenvalue weighted by Crippen LogP contribution is -2.23. The molecule has 0 amide bonds. The second-order valence-electron chi connectivity index (χ2n) is 1.14. The van der Waals surface area contributed by atoms with Crippen LogP contribution in [0.2, 0.25) is 0 Å². The first-order valence-electron chi connectivity index (χ1n) is 2.10. The number of hydrogen-bond acceptors (Lipinski definition) is 3. The maximum atomic E-state index is 5.14. The molecule has 0 saturated carbocycles. The van der Waals surface area contributed by atoms with Crippen LogP contribution in [0.3, 0.4) is 0 Å². The van der Waals surface area contributed by atoms with Gasteiger partial charge in [-0.15, -0.1) is 0 Å². The highest BCUT2D eigenvalue weighted by molar-refractivity contribution is 4.37. The zero-order valence-electron chi connectivity index (χ0n) is 5.18. The Morgan fingerprint density at radius 3 is 1.75 bits per heavy atom. The molecule has 0 bridgehead atoms. The largest absolute Gasteiger partial charge is 0.412 e. The lowest BCUT2D eigenvalue weighted by atomic mass is 10.6. The van der Waals surface area contributed by atoms with E-state index in [1.165, 1.54) is 0 Å². The number of nitrogens with two attached hydrogens (primary N) is 1. The Morgan fingerprint density at radius 2 is 1.75 bits per heavy atom. The first-order chi connectivity index (χ1) is 3.35. The smallest absolute Gasteiger partial charge is 0.168 e. The number of methoxy groups -OCH3 is 2. The third-order valence-corrected chi connectivity index (χ3v) is 0.718. The highest BCUT2D eigenvalue weighted by atomic mass is 16.7. The van der Waals surface area contributed by atoms with Gasteiger partial charge in [-0.1, -0.05) is 0 Å². The third kappa shape index (κ3) is 4.01. The van der Waals surface area contributed by atoms with E-state index in [1.54, 1.807) is 14.2 Å². The summed E-state index contributed by atoms with van der Waals surface area (Å²) in [6, 6.07) is 0. The summed E-state index contributed by atoms with van der Waals surface area (Å²) < 4.78 is 9.40. The summed E-state index contributed by atoms with van der Waals surface area (Å²) in [6.45, 7) is 0.410. The average Bonchev–Trinajstić information content (AvgIpc) is 1.72. The van der Waals surface area contributed by atoms with Crippen LogP contribution in [-0.2, 0) is 9.47 Å². The molecule has 8 heavy (non-hydrogen) atoms. The van der Waals surface area contributed by atoms with Crippen molar-refractivity contribution >= 4 is 0 Å². The Bertz CT molecular complexity index is 32.8. The van der Waals surface area contributed by atoms with Gasteiger partial charge in [0.2, 0.25) is 0 Å². The molecular weight excluding hydrogens is 110 g/mol. The molecule has 4 nitrogen and oxygen atoms in total. The summed E-state index contributed by atoms with van der Waals surface area (Å²) in [6.07, 6.45) is -0.236. The minimum Gasteiger partial charge on any atom is -0.412 e. The van der Waals surface area contributed by atoms with Crippen LogP contribution in [-0.4, -0.2) is 32.5 Å². The van der Waals surface area contributed by atoms with E-state index in [0.29, 0.717) is 6.54 Å². The summed E-state index contributed by atoms with van der Waals surface area (Å²) in [5.74, 6) is 0. The van der Waals surface area contributed by atoms with Crippen molar-refractivity contribution < 1.29 is 14.9 Å². The van der Waals surface area contributed by atoms with Crippen LogP contribution in [0.15, 0.2) is 0 Å². The molecule has 0 radical (unpaired) electrons. The number of ether oxygens (including phenoxy) is 2. The molecule has 52 valence electrons. The van der Waals surface area contributed by atoms with Crippen LogP contribution in [0.1, 0.15) is 0 Å². The minimum atomic E-state index is -0.236. The Balaban J connectivity index is 0. The molecule has 4 N–H and O–H groups in total. The Hall–Kier alpha value is -0.160. The Kier molecular flexibility index (Phi) is 9.20. The van der Waals surface area contributed by atoms with Crippen LogP contribution in [0.5, 0.6) is 0 Å². The number of rotatable bonds is 3. The van der Waals surface area contributed by atoms with Crippen molar-refractivity contribution in [3.05, 3.63) is 0 Å². The van der Waals surface area contributed by atoms with E-state index in [9.17, 15) is 0 Å². The van der Waals surface area contributed by atoms with E-state index in [2.05, 4.69) is 0 Å². The first kappa shape index (κ1) is 10.8. The summed E-state index contributed by atoms with van der Waals surface area (Å²) >= 11 is 0. The second kappa shape index (κ2) is 6.84. The molecule has 4 heteroatoms. The predicted octanol–water partition coefficient (Wildman–Crippen LogP) is -1.26. The van der Waals surface area contributed by atoms with Crippen molar-refractivity contribution in [2.75, 3.05) is 20.8 Å². The molecule has 0 heterocycles. The highest BCUT2D eigenvalue weighted by Gasteiger charge is 1.96. The van der Waals surface area contributed by atoms with E-state index < -0.39 is 0 Å². The summed E-state index contributed by atoms with van der Waals surface area (Å²) in [5.41, 5.74) is 5.14. The molecule has 0 aromatic rings. The average molecular weight is 123 g/mol. The quantitative estimate of drug-likeness (QED) is 0.476.